The second-order valence-electron chi connectivity index (χ2n) is 10.2. The molecule has 5 rings (SSSR count). The molecule has 2 saturated heterocycles. The van der Waals surface area contributed by atoms with Crippen LogP contribution in [-0.4, -0.2) is 59.1 Å². The number of nitrogens with zero attached hydrogens (tertiary/aromatic N) is 4. The van der Waals surface area contributed by atoms with Gasteiger partial charge in [0, 0.05) is 25.2 Å². The molecular formula is C29H37N5O3. The van der Waals surface area contributed by atoms with Crippen LogP contribution in [0.5, 0.6) is 5.75 Å². The van der Waals surface area contributed by atoms with E-state index in [9.17, 15) is 4.79 Å². The van der Waals surface area contributed by atoms with Crippen LogP contribution in [0.2, 0.25) is 0 Å². The minimum absolute atomic E-state index is 0.0314. The van der Waals surface area contributed by atoms with Crippen LogP contribution >= 0.6 is 0 Å². The second-order valence-corrected chi connectivity index (χ2v) is 10.2. The summed E-state index contributed by atoms with van der Waals surface area (Å²) in [5.74, 6) is 2.00. The average Bonchev–Trinajstić information content (AvgIpc) is 3.41. The molecule has 1 aromatic heterocycles. The summed E-state index contributed by atoms with van der Waals surface area (Å²) in [5, 5.41) is 7.28. The van der Waals surface area contributed by atoms with Crippen LogP contribution < -0.4 is 10.1 Å². The summed E-state index contributed by atoms with van der Waals surface area (Å²) in [6.45, 7) is 6.15. The first-order valence-corrected chi connectivity index (χ1v) is 13.4. The Morgan fingerprint density at radius 2 is 1.68 bits per heavy atom. The molecule has 0 aliphatic carbocycles. The number of nitrogens with one attached hydrogen (secondary N) is 1. The zero-order chi connectivity index (χ0) is 25.5. The second kappa shape index (κ2) is 12.3. The van der Waals surface area contributed by atoms with Crippen LogP contribution in [0.15, 0.2) is 53.1 Å². The first-order chi connectivity index (χ1) is 18.2. The average molecular weight is 504 g/mol. The highest BCUT2D eigenvalue weighted by molar-refractivity contribution is 5.79. The molecule has 1 atom stereocenters. The maximum atomic E-state index is 12.9. The van der Waals surface area contributed by atoms with Crippen LogP contribution in [0.25, 0.3) is 11.4 Å². The molecule has 8 nitrogen and oxygen atoms in total. The summed E-state index contributed by atoms with van der Waals surface area (Å²) in [5.41, 5.74) is 3.36. The van der Waals surface area contributed by atoms with Crippen molar-refractivity contribution in [2.75, 3.05) is 33.3 Å². The summed E-state index contributed by atoms with van der Waals surface area (Å²) in [4.78, 5) is 22.3. The summed E-state index contributed by atoms with van der Waals surface area (Å²) in [7, 11) is 1.64. The van der Waals surface area contributed by atoms with Gasteiger partial charge in [0.15, 0.2) is 0 Å². The minimum Gasteiger partial charge on any atom is -0.497 e. The molecule has 1 unspecified atom stereocenters. The van der Waals surface area contributed by atoms with Crippen molar-refractivity contribution in [1.29, 1.82) is 0 Å². The molecule has 3 aromatic rings. The third-order valence-corrected chi connectivity index (χ3v) is 7.40. The predicted molar refractivity (Wildman–Crippen MR) is 142 cm³/mol. The number of hydrogen-bond acceptors (Lipinski definition) is 7. The SMILES string of the molecule is COc1ccc(-c2noc(CN3CCCC(C(=O)NCc4ccc(CN5CCCCC5)cc4)C3)n2)cc1. The summed E-state index contributed by atoms with van der Waals surface area (Å²) < 4.78 is 10.7. The van der Waals surface area contributed by atoms with Gasteiger partial charge in [-0.1, -0.05) is 35.8 Å². The first-order valence-electron chi connectivity index (χ1n) is 13.4. The number of rotatable bonds is 9. The Bertz CT molecular complexity index is 1140. The lowest BCUT2D eigenvalue weighted by molar-refractivity contribution is -0.127. The normalized spacial score (nSPS) is 19.0. The van der Waals surface area contributed by atoms with Crippen molar-refractivity contribution in [2.45, 2.75) is 51.7 Å². The van der Waals surface area contributed by atoms with Crippen molar-refractivity contribution in [1.82, 2.24) is 25.3 Å². The van der Waals surface area contributed by atoms with Gasteiger partial charge in [0.05, 0.1) is 19.6 Å². The van der Waals surface area contributed by atoms with Crippen LogP contribution in [0, 0.1) is 5.92 Å². The Morgan fingerprint density at radius 1 is 0.946 bits per heavy atom. The lowest BCUT2D eigenvalue weighted by Crippen LogP contribution is -2.42. The van der Waals surface area contributed by atoms with Crippen molar-refractivity contribution in [3.63, 3.8) is 0 Å². The zero-order valence-corrected chi connectivity index (χ0v) is 21.7. The number of piperidine rings is 2. The van der Waals surface area contributed by atoms with E-state index >= 15 is 0 Å². The fourth-order valence-electron chi connectivity index (χ4n) is 5.25. The molecule has 8 heteroatoms. The lowest BCUT2D eigenvalue weighted by Gasteiger charge is -2.30. The quantitative estimate of drug-likeness (QED) is 0.467. The van der Waals surface area contributed by atoms with Gasteiger partial charge in [0.25, 0.3) is 0 Å². The number of methoxy groups -OCH3 is 1. The fourth-order valence-corrected chi connectivity index (χ4v) is 5.25. The van der Waals surface area contributed by atoms with Crippen LogP contribution in [-0.2, 0) is 24.4 Å². The van der Waals surface area contributed by atoms with Crippen molar-refractivity contribution in [2.24, 2.45) is 5.92 Å². The van der Waals surface area contributed by atoms with E-state index in [0.29, 0.717) is 31.3 Å². The molecule has 2 aliphatic heterocycles. The first kappa shape index (κ1) is 25.4. The topological polar surface area (TPSA) is 83.7 Å². The standard InChI is InChI=1S/C29H37N5O3/c1-36-26-13-11-24(12-14-26)28-31-27(37-32-28)21-34-17-5-6-25(20-34)29(35)30-18-22-7-9-23(10-8-22)19-33-15-3-2-4-16-33/h7-14,25H,2-6,15-21H2,1H3,(H,30,35). The van der Waals surface area contributed by atoms with Gasteiger partial charge in [-0.25, -0.2) is 0 Å². The van der Waals surface area contributed by atoms with Gasteiger partial charge in [-0.15, -0.1) is 0 Å². The number of carbonyl (C=O) groups is 1. The largest absolute Gasteiger partial charge is 0.497 e. The molecule has 2 aromatic carbocycles. The molecule has 37 heavy (non-hydrogen) atoms. The van der Waals surface area contributed by atoms with Crippen molar-refractivity contribution in [3.05, 3.63) is 65.5 Å². The monoisotopic (exact) mass is 503 g/mol. The van der Waals surface area contributed by atoms with Gasteiger partial charge >= 0.3 is 0 Å². The number of carbonyl (C=O) groups excluding carboxylic acids is 1. The fraction of sp³-hybridized carbons (Fsp3) is 0.483. The lowest BCUT2D eigenvalue weighted by atomic mass is 9.97. The van der Waals surface area contributed by atoms with Crippen molar-refractivity contribution >= 4 is 5.91 Å². The highest BCUT2D eigenvalue weighted by Gasteiger charge is 2.27. The maximum absolute atomic E-state index is 12.9. The van der Waals surface area contributed by atoms with Gasteiger partial charge in [-0.3, -0.25) is 14.6 Å². The van der Waals surface area contributed by atoms with Gasteiger partial charge in [-0.05, 0) is 80.7 Å². The van der Waals surface area contributed by atoms with Crippen molar-refractivity contribution < 1.29 is 14.1 Å². The number of ether oxygens (including phenoxy) is 1. The Kier molecular flexibility index (Phi) is 8.48. The Hall–Kier alpha value is -3.23. The molecule has 0 bridgehead atoms. The van der Waals surface area contributed by atoms with Crippen LogP contribution in [0.4, 0.5) is 0 Å². The number of benzene rings is 2. The molecule has 0 spiro atoms. The van der Waals surface area contributed by atoms with E-state index in [2.05, 4.69) is 49.5 Å². The van der Waals surface area contributed by atoms with E-state index in [1.165, 1.54) is 37.9 Å². The van der Waals surface area contributed by atoms with Gasteiger partial charge < -0.3 is 14.6 Å². The molecule has 3 heterocycles. The van der Waals surface area contributed by atoms with Crippen LogP contribution in [0.3, 0.4) is 0 Å². The number of amides is 1. The molecule has 196 valence electrons. The molecular weight excluding hydrogens is 466 g/mol. The Labute approximate surface area is 219 Å². The highest BCUT2D eigenvalue weighted by Crippen LogP contribution is 2.22. The van der Waals surface area contributed by atoms with E-state index in [-0.39, 0.29) is 11.8 Å². The third-order valence-electron chi connectivity index (χ3n) is 7.40. The van der Waals surface area contributed by atoms with Crippen molar-refractivity contribution in [3.8, 4) is 17.1 Å². The van der Waals surface area contributed by atoms with Gasteiger partial charge in [0.1, 0.15) is 5.75 Å². The smallest absolute Gasteiger partial charge is 0.241 e. The molecule has 1 N–H and O–H groups in total. The van der Waals surface area contributed by atoms with E-state index in [1.54, 1.807) is 7.11 Å². The summed E-state index contributed by atoms with van der Waals surface area (Å²) >= 11 is 0. The number of aromatic nitrogens is 2. The highest BCUT2D eigenvalue weighted by atomic mass is 16.5. The zero-order valence-electron chi connectivity index (χ0n) is 21.7. The van der Waals surface area contributed by atoms with E-state index in [4.69, 9.17) is 9.26 Å². The van der Waals surface area contributed by atoms with E-state index in [0.717, 1.165) is 42.8 Å². The third kappa shape index (κ3) is 6.96. The Balaban J connectivity index is 1.08. The summed E-state index contributed by atoms with van der Waals surface area (Å²) in [6, 6.07) is 16.3. The molecule has 2 aliphatic rings. The predicted octanol–water partition coefficient (Wildman–Crippen LogP) is 4.26. The Morgan fingerprint density at radius 3 is 2.43 bits per heavy atom. The van der Waals surface area contributed by atoms with Crippen LogP contribution in [0.1, 0.15) is 49.1 Å². The molecule has 0 saturated carbocycles. The number of hydrogen-bond donors (Lipinski definition) is 1. The molecule has 0 radical (unpaired) electrons. The minimum atomic E-state index is -0.0314. The van der Waals surface area contributed by atoms with E-state index < -0.39 is 0 Å². The van der Waals surface area contributed by atoms with E-state index in [1.807, 2.05) is 24.3 Å². The maximum Gasteiger partial charge on any atom is 0.241 e. The van der Waals surface area contributed by atoms with Gasteiger partial charge in [-0.2, -0.15) is 4.98 Å². The molecule has 2 fully saturated rings. The summed E-state index contributed by atoms with van der Waals surface area (Å²) in [6.07, 6.45) is 5.85. The van der Waals surface area contributed by atoms with Gasteiger partial charge in [0.2, 0.25) is 17.6 Å². The number of likely N-dealkylation sites (tertiary alicyclic amines) is 2. The molecule has 1 amide bonds.